The highest BCUT2D eigenvalue weighted by Crippen LogP contribution is 2.46. The Labute approximate surface area is 200 Å². The number of carboxylic acid groups (broad SMARTS) is 1. The Morgan fingerprint density at radius 3 is 2.43 bits per heavy atom. The summed E-state index contributed by atoms with van der Waals surface area (Å²) in [5.41, 5.74) is 2.42. The summed E-state index contributed by atoms with van der Waals surface area (Å²) in [5, 5.41) is 29.5. The summed E-state index contributed by atoms with van der Waals surface area (Å²) in [6.07, 6.45) is 1.66. The van der Waals surface area contributed by atoms with E-state index >= 15 is 0 Å². The lowest BCUT2D eigenvalue weighted by Gasteiger charge is -2.25. The van der Waals surface area contributed by atoms with Crippen LogP contribution in [0.4, 0.5) is 24.5 Å². The van der Waals surface area contributed by atoms with E-state index in [0.717, 1.165) is 31.0 Å². The number of pyridine rings is 1. The molecule has 0 bridgehead atoms. The Morgan fingerprint density at radius 1 is 1.11 bits per heavy atom. The van der Waals surface area contributed by atoms with Crippen molar-refractivity contribution in [1.29, 1.82) is 0 Å². The molecule has 0 aliphatic heterocycles. The fourth-order valence-corrected chi connectivity index (χ4v) is 4.16. The van der Waals surface area contributed by atoms with E-state index in [-0.39, 0.29) is 18.0 Å². The predicted molar refractivity (Wildman–Crippen MR) is 126 cm³/mol. The third-order valence-corrected chi connectivity index (χ3v) is 5.93. The molecular formula is C26H25F3N2O4. The van der Waals surface area contributed by atoms with Gasteiger partial charge in [-0.2, -0.15) is 0 Å². The summed E-state index contributed by atoms with van der Waals surface area (Å²) in [5.74, 6) is -3.09. The van der Waals surface area contributed by atoms with Crippen molar-refractivity contribution in [2.75, 3.05) is 11.9 Å². The SMILES string of the molecule is CN(c1cc(F)cc(F)c1)c1c(/C=C/[C@@H](O)C[C@@H](O)CC(=O)O)c(C2CC2)nc2ccc(F)cc12. The first-order valence-electron chi connectivity index (χ1n) is 11.2. The Morgan fingerprint density at radius 2 is 1.80 bits per heavy atom. The number of rotatable bonds is 9. The molecule has 0 amide bonds. The van der Waals surface area contributed by atoms with E-state index in [4.69, 9.17) is 10.1 Å². The van der Waals surface area contributed by atoms with Crippen molar-refractivity contribution in [2.24, 2.45) is 0 Å². The lowest BCUT2D eigenvalue weighted by Crippen LogP contribution is -2.19. The van der Waals surface area contributed by atoms with Gasteiger partial charge in [-0.3, -0.25) is 9.78 Å². The minimum atomic E-state index is -1.24. The van der Waals surface area contributed by atoms with E-state index in [1.54, 1.807) is 24.1 Å². The number of benzene rings is 2. The highest BCUT2D eigenvalue weighted by atomic mass is 19.1. The first-order valence-corrected chi connectivity index (χ1v) is 11.2. The van der Waals surface area contributed by atoms with Crippen LogP contribution < -0.4 is 4.90 Å². The third kappa shape index (κ3) is 5.80. The second-order valence-electron chi connectivity index (χ2n) is 8.80. The van der Waals surface area contributed by atoms with Crippen LogP contribution in [0.15, 0.2) is 42.5 Å². The van der Waals surface area contributed by atoms with Crippen LogP contribution in [0.1, 0.15) is 42.9 Å². The standard InChI is InChI=1S/C26H25F3N2O4/c1-31(18-9-16(28)8-17(29)10-18)26-21(6-5-19(32)12-20(33)13-24(34)35)25(14-2-3-14)30-23-7-4-15(27)11-22(23)26/h4-11,14,19-20,32-33H,2-3,12-13H2,1H3,(H,34,35)/b6-5+/t19-,20-/m1/s1. The molecule has 3 N–H and O–H groups in total. The van der Waals surface area contributed by atoms with Crippen molar-refractivity contribution in [2.45, 2.75) is 43.8 Å². The Balaban J connectivity index is 1.84. The number of halogens is 3. The molecule has 1 aromatic heterocycles. The van der Waals surface area contributed by atoms with Gasteiger partial charge in [0.15, 0.2) is 0 Å². The molecule has 0 radical (unpaired) electrons. The Bertz CT molecular complexity index is 1270. The Hall–Kier alpha value is -3.43. The van der Waals surface area contributed by atoms with Crippen LogP contribution in [0.2, 0.25) is 0 Å². The highest BCUT2D eigenvalue weighted by molar-refractivity contribution is 5.99. The molecule has 1 saturated carbocycles. The van der Waals surface area contributed by atoms with Crippen molar-refractivity contribution in [3.05, 3.63) is 71.2 Å². The zero-order chi connectivity index (χ0) is 25.3. The van der Waals surface area contributed by atoms with Crippen molar-refractivity contribution in [1.82, 2.24) is 4.98 Å². The maximum Gasteiger partial charge on any atom is 0.305 e. The normalized spacial score (nSPS) is 15.5. The molecule has 9 heteroatoms. The van der Waals surface area contributed by atoms with Gasteiger partial charge in [0.25, 0.3) is 0 Å². The van der Waals surface area contributed by atoms with Crippen LogP contribution in [0.3, 0.4) is 0 Å². The first kappa shape index (κ1) is 24.7. The van der Waals surface area contributed by atoms with Gasteiger partial charge in [0.1, 0.15) is 17.5 Å². The third-order valence-electron chi connectivity index (χ3n) is 5.93. The molecule has 2 aromatic carbocycles. The molecule has 0 spiro atoms. The number of nitrogens with zero attached hydrogens (tertiary/aromatic N) is 2. The molecule has 4 rings (SSSR count). The van der Waals surface area contributed by atoms with Gasteiger partial charge in [-0.25, -0.2) is 13.2 Å². The van der Waals surface area contributed by atoms with Crippen LogP contribution in [0.25, 0.3) is 17.0 Å². The summed E-state index contributed by atoms with van der Waals surface area (Å²) in [6, 6.07) is 7.22. The van der Waals surface area contributed by atoms with E-state index in [1.807, 2.05) is 0 Å². The molecular weight excluding hydrogens is 461 g/mol. The number of aliphatic carboxylic acids is 1. The number of anilines is 2. The number of fused-ring (bicyclic) bond motifs is 1. The minimum absolute atomic E-state index is 0.134. The molecule has 3 aromatic rings. The van der Waals surface area contributed by atoms with E-state index in [9.17, 15) is 28.2 Å². The van der Waals surface area contributed by atoms with Gasteiger partial charge in [0, 0.05) is 42.1 Å². The number of aliphatic hydroxyl groups is 2. The minimum Gasteiger partial charge on any atom is -0.481 e. The quantitative estimate of drug-likeness (QED) is 0.399. The fraction of sp³-hybridized carbons (Fsp3) is 0.308. The first-order chi connectivity index (χ1) is 16.6. The molecule has 1 aliphatic rings. The largest absolute Gasteiger partial charge is 0.481 e. The maximum atomic E-state index is 14.3. The molecule has 1 fully saturated rings. The summed E-state index contributed by atoms with van der Waals surface area (Å²) in [7, 11) is 1.61. The number of carbonyl (C=O) groups is 1. The average molecular weight is 486 g/mol. The zero-order valence-corrected chi connectivity index (χ0v) is 19.0. The number of carboxylic acids is 1. The number of aliphatic hydroxyl groups excluding tert-OH is 2. The molecule has 2 atom stereocenters. The molecule has 184 valence electrons. The molecule has 6 nitrogen and oxygen atoms in total. The van der Waals surface area contributed by atoms with Crippen molar-refractivity contribution < 1.29 is 33.3 Å². The summed E-state index contributed by atoms with van der Waals surface area (Å²) >= 11 is 0. The fourth-order valence-electron chi connectivity index (χ4n) is 4.16. The molecule has 35 heavy (non-hydrogen) atoms. The number of hydrogen-bond donors (Lipinski definition) is 3. The van der Waals surface area contributed by atoms with Gasteiger partial charge in [-0.15, -0.1) is 0 Å². The van der Waals surface area contributed by atoms with Gasteiger partial charge < -0.3 is 20.2 Å². The smallest absolute Gasteiger partial charge is 0.305 e. The summed E-state index contributed by atoms with van der Waals surface area (Å²) < 4.78 is 42.3. The molecule has 0 saturated heterocycles. The monoisotopic (exact) mass is 486 g/mol. The highest BCUT2D eigenvalue weighted by Gasteiger charge is 2.30. The van der Waals surface area contributed by atoms with Crippen LogP contribution in [0, 0.1) is 17.5 Å². The van der Waals surface area contributed by atoms with Gasteiger partial charge >= 0.3 is 5.97 Å². The van der Waals surface area contributed by atoms with Gasteiger partial charge in [0.05, 0.1) is 35.5 Å². The van der Waals surface area contributed by atoms with Crippen LogP contribution in [-0.4, -0.2) is 45.5 Å². The van der Waals surface area contributed by atoms with Crippen LogP contribution in [0.5, 0.6) is 0 Å². The van der Waals surface area contributed by atoms with Gasteiger partial charge in [-0.05, 0) is 43.2 Å². The second-order valence-corrected chi connectivity index (χ2v) is 8.80. The number of aromatic nitrogens is 1. The molecule has 0 unspecified atom stereocenters. The lowest BCUT2D eigenvalue weighted by molar-refractivity contribution is -0.139. The van der Waals surface area contributed by atoms with Crippen molar-refractivity contribution in [3.8, 4) is 0 Å². The summed E-state index contributed by atoms with van der Waals surface area (Å²) in [4.78, 5) is 17.1. The van der Waals surface area contributed by atoms with Crippen LogP contribution in [-0.2, 0) is 4.79 Å². The topological polar surface area (TPSA) is 93.9 Å². The molecule has 1 heterocycles. The zero-order valence-electron chi connectivity index (χ0n) is 19.0. The Kier molecular flexibility index (Phi) is 7.09. The second kappa shape index (κ2) is 10.1. The maximum absolute atomic E-state index is 14.3. The summed E-state index contributed by atoms with van der Waals surface area (Å²) in [6.45, 7) is 0. The van der Waals surface area contributed by atoms with Crippen LogP contribution >= 0.6 is 0 Å². The molecule has 1 aliphatic carbocycles. The predicted octanol–water partition coefficient (Wildman–Crippen LogP) is 4.90. The van der Waals surface area contributed by atoms with E-state index in [1.165, 1.54) is 18.2 Å². The van der Waals surface area contributed by atoms with E-state index < -0.39 is 42.0 Å². The van der Waals surface area contributed by atoms with Gasteiger partial charge in [-0.1, -0.05) is 12.2 Å². The van der Waals surface area contributed by atoms with E-state index in [2.05, 4.69) is 0 Å². The average Bonchev–Trinajstić information content (AvgIpc) is 3.60. The van der Waals surface area contributed by atoms with E-state index in [0.29, 0.717) is 27.8 Å². The number of hydrogen-bond acceptors (Lipinski definition) is 5. The van der Waals surface area contributed by atoms with Crippen molar-refractivity contribution >= 4 is 34.3 Å². The van der Waals surface area contributed by atoms with Gasteiger partial charge in [0.2, 0.25) is 0 Å². The van der Waals surface area contributed by atoms with Crippen molar-refractivity contribution in [3.63, 3.8) is 0 Å². The lowest BCUT2D eigenvalue weighted by atomic mass is 9.99.